The maximum absolute atomic E-state index is 12.4. The molecule has 3 aromatic rings. The Morgan fingerprint density at radius 3 is 2.33 bits per heavy atom. The first-order valence-corrected chi connectivity index (χ1v) is 12.5. The van der Waals surface area contributed by atoms with E-state index in [1.807, 2.05) is 6.92 Å². The fourth-order valence-corrected chi connectivity index (χ4v) is 4.87. The Balaban J connectivity index is 1.47. The van der Waals surface area contributed by atoms with Gasteiger partial charge in [-0.05, 0) is 72.8 Å². The number of rotatable bonds is 5. The summed E-state index contributed by atoms with van der Waals surface area (Å²) in [6, 6.07) is 17.7. The normalized spacial score (nSPS) is 16.3. The van der Waals surface area contributed by atoms with Crippen LogP contribution in [0.25, 0.3) is 6.08 Å². The number of amidine groups is 1. The Morgan fingerprint density at radius 1 is 0.970 bits per heavy atom. The van der Waals surface area contributed by atoms with Crippen molar-refractivity contribution in [3.63, 3.8) is 0 Å². The number of benzene rings is 3. The summed E-state index contributed by atoms with van der Waals surface area (Å²) < 4.78 is 30.1. The molecule has 4 rings (SSSR count). The minimum atomic E-state index is -3.93. The van der Waals surface area contributed by atoms with Gasteiger partial charge in [-0.25, -0.2) is 4.99 Å². The molecule has 1 amide bonds. The predicted octanol–water partition coefficient (Wildman–Crippen LogP) is 5.96. The van der Waals surface area contributed by atoms with Gasteiger partial charge in [0.15, 0.2) is 5.17 Å². The Kier molecular flexibility index (Phi) is 6.81. The summed E-state index contributed by atoms with van der Waals surface area (Å²) in [4.78, 5) is 17.2. The van der Waals surface area contributed by atoms with E-state index in [9.17, 15) is 13.2 Å². The molecule has 0 spiro atoms. The maximum atomic E-state index is 12.4. The van der Waals surface area contributed by atoms with Gasteiger partial charge in [0, 0.05) is 0 Å². The van der Waals surface area contributed by atoms with Gasteiger partial charge in [-0.15, -0.1) is 0 Å². The molecule has 0 atom stereocenters. The van der Waals surface area contributed by atoms with Crippen molar-refractivity contribution in [2.45, 2.75) is 11.8 Å². The molecule has 0 aliphatic carbocycles. The summed E-state index contributed by atoms with van der Waals surface area (Å²) in [6.07, 6.45) is 1.68. The average Bonchev–Trinajstić information content (AvgIpc) is 3.11. The molecule has 0 unspecified atom stereocenters. The van der Waals surface area contributed by atoms with Crippen LogP contribution < -0.4 is 9.50 Å². The largest absolute Gasteiger partial charge is 0.379 e. The third-order valence-electron chi connectivity index (χ3n) is 4.48. The lowest BCUT2D eigenvalue weighted by Gasteiger charge is -2.07. The topological polar surface area (TPSA) is 84.8 Å². The number of aryl methyl sites for hydroxylation is 1. The summed E-state index contributed by atoms with van der Waals surface area (Å²) in [7, 11) is -3.93. The summed E-state index contributed by atoms with van der Waals surface area (Å²) in [5, 5.41) is 3.90. The van der Waals surface area contributed by atoms with Crippen molar-refractivity contribution in [2.24, 2.45) is 4.99 Å². The van der Waals surface area contributed by atoms with E-state index in [0.29, 0.717) is 31.4 Å². The number of carbonyl (C=O) groups is 1. The fourth-order valence-electron chi connectivity index (χ4n) is 2.80. The van der Waals surface area contributed by atoms with Crippen molar-refractivity contribution in [2.75, 3.05) is 0 Å². The van der Waals surface area contributed by atoms with E-state index in [2.05, 4.69) is 10.3 Å². The lowest BCUT2D eigenvalue weighted by Crippen LogP contribution is -2.19. The standard InChI is InChI=1S/C23H16Cl2N2O4S2/c1-14-2-9-18(10-3-14)33(29,30)31-17-7-4-15(5-8-17)12-21-22(28)27-23(32-21)26-16-6-11-19(24)20(25)13-16/h2-13H,1H3,(H,26,27,28)/b21-12+. The predicted molar refractivity (Wildman–Crippen MR) is 133 cm³/mol. The first-order valence-electron chi connectivity index (χ1n) is 9.55. The second kappa shape index (κ2) is 9.61. The summed E-state index contributed by atoms with van der Waals surface area (Å²) in [5.74, 6) is -0.121. The van der Waals surface area contributed by atoms with Gasteiger partial charge >= 0.3 is 10.1 Å². The number of aliphatic imine (C=N–C) groups is 1. The van der Waals surface area contributed by atoms with Crippen molar-refractivity contribution < 1.29 is 17.4 Å². The molecule has 6 nitrogen and oxygen atoms in total. The van der Waals surface area contributed by atoms with Crippen molar-refractivity contribution >= 4 is 67.9 Å². The van der Waals surface area contributed by atoms with Crippen molar-refractivity contribution in [3.05, 3.63) is 92.8 Å². The number of hydrogen-bond acceptors (Lipinski definition) is 6. The monoisotopic (exact) mass is 518 g/mol. The van der Waals surface area contributed by atoms with Crippen LogP contribution in [-0.2, 0) is 14.9 Å². The lowest BCUT2D eigenvalue weighted by molar-refractivity contribution is -0.115. The lowest BCUT2D eigenvalue weighted by atomic mass is 10.2. The van der Waals surface area contributed by atoms with Crippen LogP contribution in [0.1, 0.15) is 11.1 Å². The van der Waals surface area contributed by atoms with Gasteiger partial charge in [-0.3, -0.25) is 4.79 Å². The van der Waals surface area contributed by atoms with Crippen molar-refractivity contribution in [1.29, 1.82) is 0 Å². The molecule has 1 fully saturated rings. The van der Waals surface area contributed by atoms with E-state index in [0.717, 1.165) is 5.56 Å². The quantitative estimate of drug-likeness (QED) is 0.332. The third-order valence-corrected chi connectivity index (χ3v) is 7.39. The first kappa shape index (κ1) is 23.4. The highest BCUT2D eigenvalue weighted by Gasteiger charge is 2.24. The molecule has 10 heteroatoms. The zero-order valence-electron chi connectivity index (χ0n) is 17.1. The molecule has 0 aromatic heterocycles. The van der Waals surface area contributed by atoms with E-state index in [4.69, 9.17) is 27.4 Å². The number of thioether (sulfide) groups is 1. The van der Waals surface area contributed by atoms with Crippen molar-refractivity contribution in [3.8, 4) is 5.75 Å². The van der Waals surface area contributed by atoms with Crippen LogP contribution >= 0.6 is 35.0 Å². The number of carbonyl (C=O) groups excluding carboxylic acids is 1. The van der Waals surface area contributed by atoms with Crippen LogP contribution in [0.15, 0.2) is 81.5 Å². The third kappa shape index (κ3) is 5.78. The van der Waals surface area contributed by atoms with E-state index < -0.39 is 10.1 Å². The Morgan fingerprint density at radius 2 is 1.67 bits per heavy atom. The Hall–Kier alpha value is -2.78. The van der Waals surface area contributed by atoms with Crippen LogP contribution in [0.5, 0.6) is 5.75 Å². The molecule has 1 heterocycles. The second-order valence-electron chi connectivity index (χ2n) is 7.00. The summed E-state index contributed by atoms with van der Waals surface area (Å²) >= 11 is 13.1. The van der Waals surface area contributed by atoms with Crippen LogP contribution in [0.2, 0.25) is 10.0 Å². The highest BCUT2D eigenvalue weighted by molar-refractivity contribution is 8.18. The van der Waals surface area contributed by atoms with Crippen LogP contribution in [0.4, 0.5) is 5.69 Å². The van der Waals surface area contributed by atoms with Gasteiger partial charge in [-0.1, -0.05) is 53.0 Å². The van der Waals surface area contributed by atoms with Crippen LogP contribution in [0.3, 0.4) is 0 Å². The Labute approximate surface area is 205 Å². The SMILES string of the molecule is Cc1ccc(S(=O)(=O)Oc2ccc(/C=C3/SC(=Nc4ccc(Cl)c(Cl)c4)NC3=O)cc2)cc1. The molecule has 33 heavy (non-hydrogen) atoms. The van der Waals surface area contributed by atoms with Crippen molar-refractivity contribution in [1.82, 2.24) is 5.32 Å². The van der Waals surface area contributed by atoms with Gasteiger partial charge in [0.05, 0.1) is 20.6 Å². The molecular formula is C23H16Cl2N2O4S2. The van der Waals surface area contributed by atoms with Gasteiger partial charge in [0.25, 0.3) is 5.91 Å². The Bertz CT molecular complexity index is 1380. The molecule has 1 N–H and O–H groups in total. The molecule has 3 aromatic carbocycles. The fraction of sp³-hybridized carbons (Fsp3) is 0.0435. The average molecular weight is 519 g/mol. The van der Waals surface area contributed by atoms with Gasteiger partial charge in [0.2, 0.25) is 0 Å². The summed E-state index contributed by atoms with van der Waals surface area (Å²) in [5.41, 5.74) is 2.21. The van der Waals surface area contributed by atoms with Crippen LogP contribution in [0, 0.1) is 6.92 Å². The molecule has 0 saturated carbocycles. The molecule has 1 saturated heterocycles. The van der Waals surface area contributed by atoms with Gasteiger partial charge < -0.3 is 9.50 Å². The zero-order chi connectivity index (χ0) is 23.6. The van der Waals surface area contributed by atoms with Gasteiger partial charge in [0.1, 0.15) is 10.6 Å². The van der Waals surface area contributed by atoms with E-state index in [-0.39, 0.29) is 16.6 Å². The molecule has 0 radical (unpaired) electrons. The number of hydrogen-bond donors (Lipinski definition) is 1. The second-order valence-corrected chi connectivity index (χ2v) is 10.4. The molecule has 1 aliphatic rings. The van der Waals surface area contributed by atoms with E-state index >= 15 is 0 Å². The summed E-state index contributed by atoms with van der Waals surface area (Å²) in [6.45, 7) is 1.87. The van der Waals surface area contributed by atoms with E-state index in [1.54, 1.807) is 48.5 Å². The highest BCUT2D eigenvalue weighted by Crippen LogP contribution is 2.31. The van der Waals surface area contributed by atoms with E-state index in [1.165, 1.54) is 36.0 Å². The number of nitrogens with zero attached hydrogens (tertiary/aromatic N) is 1. The van der Waals surface area contributed by atoms with Gasteiger partial charge in [-0.2, -0.15) is 8.42 Å². The highest BCUT2D eigenvalue weighted by atomic mass is 35.5. The molecule has 168 valence electrons. The smallest absolute Gasteiger partial charge is 0.339 e. The molecule has 1 aliphatic heterocycles. The maximum Gasteiger partial charge on any atom is 0.339 e. The first-order chi connectivity index (χ1) is 15.7. The minimum Gasteiger partial charge on any atom is -0.379 e. The van der Waals surface area contributed by atoms with Crippen LogP contribution in [-0.4, -0.2) is 19.5 Å². The minimum absolute atomic E-state index is 0.0760. The molecular weight excluding hydrogens is 503 g/mol. The zero-order valence-corrected chi connectivity index (χ0v) is 20.2. The number of halogens is 2. The molecule has 0 bridgehead atoms. The number of amides is 1. The number of nitrogens with one attached hydrogen (secondary N) is 1.